The van der Waals surface area contributed by atoms with Gasteiger partial charge in [0, 0.05) is 24.5 Å². The first-order chi connectivity index (χ1) is 19.1. The highest BCUT2D eigenvalue weighted by molar-refractivity contribution is 5.89. The number of fused-ring (bicyclic) bond motifs is 1. The van der Waals surface area contributed by atoms with Crippen LogP contribution in [0.5, 0.6) is 11.6 Å². The molecule has 0 bridgehead atoms. The lowest BCUT2D eigenvalue weighted by molar-refractivity contribution is -0.140. The number of morpholine rings is 1. The van der Waals surface area contributed by atoms with Gasteiger partial charge in [-0.1, -0.05) is 18.2 Å². The number of likely N-dealkylation sites (tertiary alicyclic amines) is 1. The SMILES string of the molecule is O=C(COc1cnc(N[C@H]2CC[C@@H](Oc3nc(N4CCOCC4)cc4ccccc34)CC2)nc1)N1CC(F)C1. The summed E-state index contributed by atoms with van der Waals surface area (Å²) in [6.07, 6.45) is 5.90. The van der Waals surface area contributed by atoms with Gasteiger partial charge in [-0.05, 0) is 43.2 Å². The van der Waals surface area contributed by atoms with Crippen LogP contribution < -0.4 is 19.7 Å². The first kappa shape index (κ1) is 25.5. The van der Waals surface area contributed by atoms with Crippen LogP contribution in [0.2, 0.25) is 0 Å². The van der Waals surface area contributed by atoms with Gasteiger partial charge in [0.25, 0.3) is 5.91 Å². The monoisotopic (exact) mass is 536 g/mol. The van der Waals surface area contributed by atoms with Gasteiger partial charge < -0.3 is 29.3 Å². The standard InChI is InChI=1S/C28H33FN6O4/c29-20-16-35(17-20)26(36)18-38-23-14-30-28(31-15-23)32-21-5-7-22(8-6-21)39-27-24-4-2-1-3-19(24)13-25(33-27)34-9-11-37-12-10-34/h1-4,13-15,20-22H,5-12,16-18H2,(H,30,31,32)/t21-,22+. The van der Waals surface area contributed by atoms with Gasteiger partial charge in [-0.2, -0.15) is 4.98 Å². The molecular weight excluding hydrogens is 503 g/mol. The molecule has 206 valence electrons. The maximum absolute atomic E-state index is 12.9. The van der Waals surface area contributed by atoms with Crippen molar-refractivity contribution in [1.82, 2.24) is 19.9 Å². The second kappa shape index (κ2) is 11.6. The van der Waals surface area contributed by atoms with Crippen molar-refractivity contribution in [3.8, 4) is 11.6 Å². The Morgan fingerprint density at radius 1 is 1.08 bits per heavy atom. The average Bonchev–Trinajstić information content (AvgIpc) is 2.96. The van der Waals surface area contributed by atoms with Gasteiger partial charge in [0.1, 0.15) is 18.1 Å². The van der Waals surface area contributed by atoms with Crippen LogP contribution in [-0.2, 0) is 9.53 Å². The van der Waals surface area contributed by atoms with Crippen molar-refractivity contribution in [1.29, 1.82) is 0 Å². The molecule has 1 saturated carbocycles. The number of hydrogen-bond donors (Lipinski definition) is 1. The van der Waals surface area contributed by atoms with Crippen molar-refractivity contribution in [2.24, 2.45) is 0 Å². The number of hydrogen-bond acceptors (Lipinski definition) is 9. The van der Waals surface area contributed by atoms with Crippen LogP contribution in [-0.4, -0.2) is 90.1 Å². The number of ether oxygens (including phenoxy) is 3. The molecule has 0 atom stereocenters. The smallest absolute Gasteiger partial charge is 0.260 e. The van der Waals surface area contributed by atoms with E-state index < -0.39 is 6.17 Å². The number of anilines is 2. The number of carbonyl (C=O) groups is 1. The number of amides is 1. The zero-order valence-electron chi connectivity index (χ0n) is 21.8. The molecule has 1 aliphatic carbocycles. The molecule has 6 rings (SSSR count). The Labute approximate surface area is 226 Å². The Morgan fingerprint density at radius 3 is 2.56 bits per heavy atom. The van der Waals surface area contributed by atoms with Crippen LogP contribution in [0.25, 0.3) is 10.8 Å². The van der Waals surface area contributed by atoms with Crippen molar-refractivity contribution in [3.05, 3.63) is 42.7 Å². The molecule has 0 unspecified atom stereocenters. The molecule has 1 amide bonds. The number of benzene rings is 1. The van der Waals surface area contributed by atoms with Crippen LogP contribution in [0, 0.1) is 0 Å². The van der Waals surface area contributed by atoms with Crippen molar-refractivity contribution < 1.29 is 23.4 Å². The predicted octanol–water partition coefficient (Wildman–Crippen LogP) is 3.22. The van der Waals surface area contributed by atoms with Crippen LogP contribution in [0.15, 0.2) is 42.7 Å². The summed E-state index contributed by atoms with van der Waals surface area (Å²) in [4.78, 5) is 29.2. The minimum atomic E-state index is -0.924. The van der Waals surface area contributed by atoms with Crippen LogP contribution >= 0.6 is 0 Å². The van der Waals surface area contributed by atoms with E-state index in [1.165, 1.54) is 4.90 Å². The summed E-state index contributed by atoms with van der Waals surface area (Å²) in [5.74, 6) is 2.32. The molecule has 4 heterocycles. The third-order valence-electron chi connectivity index (χ3n) is 7.49. The van der Waals surface area contributed by atoms with Crippen LogP contribution in [0.4, 0.5) is 16.2 Å². The minimum absolute atomic E-state index is 0.0900. The molecule has 3 aliphatic rings. The third-order valence-corrected chi connectivity index (χ3v) is 7.49. The molecule has 2 saturated heterocycles. The molecule has 2 aliphatic heterocycles. The quantitative estimate of drug-likeness (QED) is 0.465. The van der Waals surface area contributed by atoms with E-state index in [0.29, 0.717) is 30.8 Å². The lowest BCUT2D eigenvalue weighted by atomic mass is 9.93. The lowest BCUT2D eigenvalue weighted by Crippen LogP contribution is -2.52. The van der Waals surface area contributed by atoms with E-state index in [1.54, 1.807) is 12.4 Å². The molecule has 11 heteroatoms. The minimum Gasteiger partial charge on any atom is -0.481 e. The Balaban J connectivity index is 1.01. The summed E-state index contributed by atoms with van der Waals surface area (Å²) >= 11 is 0. The topological polar surface area (TPSA) is 102 Å². The van der Waals surface area contributed by atoms with E-state index >= 15 is 0 Å². The van der Waals surface area contributed by atoms with E-state index in [9.17, 15) is 9.18 Å². The molecule has 10 nitrogen and oxygen atoms in total. The number of halogens is 1. The summed E-state index contributed by atoms with van der Waals surface area (Å²) < 4.78 is 30.4. The fourth-order valence-corrected chi connectivity index (χ4v) is 5.19. The largest absolute Gasteiger partial charge is 0.481 e. The van der Waals surface area contributed by atoms with E-state index in [-0.39, 0.29) is 37.7 Å². The lowest BCUT2D eigenvalue weighted by Gasteiger charge is -2.34. The highest BCUT2D eigenvalue weighted by Crippen LogP contribution is 2.32. The molecule has 3 aromatic rings. The van der Waals surface area contributed by atoms with Crippen LogP contribution in [0.1, 0.15) is 25.7 Å². The van der Waals surface area contributed by atoms with Crippen LogP contribution in [0.3, 0.4) is 0 Å². The van der Waals surface area contributed by atoms with Gasteiger partial charge in [-0.25, -0.2) is 14.4 Å². The van der Waals surface area contributed by atoms with E-state index in [0.717, 1.165) is 55.4 Å². The first-order valence-corrected chi connectivity index (χ1v) is 13.6. The maximum atomic E-state index is 12.9. The summed E-state index contributed by atoms with van der Waals surface area (Å²) in [6.45, 7) is 3.21. The zero-order chi connectivity index (χ0) is 26.6. The number of alkyl halides is 1. The normalized spacial score (nSPS) is 21.9. The fraction of sp³-hybridized carbons (Fsp3) is 0.500. The number of rotatable bonds is 8. The van der Waals surface area contributed by atoms with Crippen molar-refractivity contribution in [3.63, 3.8) is 0 Å². The number of nitrogens with one attached hydrogen (secondary N) is 1. The van der Waals surface area contributed by atoms with Gasteiger partial charge in [-0.3, -0.25) is 4.79 Å². The number of aromatic nitrogens is 3. The average molecular weight is 537 g/mol. The van der Waals surface area contributed by atoms with Gasteiger partial charge in [0.05, 0.1) is 38.7 Å². The molecule has 2 aromatic heterocycles. The van der Waals surface area contributed by atoms with Crippen molar-refractivity contribution >= 4 is 28.4 Å². The zero-order valence-corrected chi connectivity index (χ0v) is 21.8. The summed E-state index contributed by atoms with van der Waals surface area (Å²) in [6, 6.07) is 10.6. The number of pyridine rings is 1. The van der Waals surface area contributed by atoms with E-state index in [1.807, 2.05) is 12.1 Å². The second-order valence-corrected chi connectivity index (χ2v) is 10.3. The Morgan fingerprint density at radius 2 is 1.82 bits per heavy atom. The molecule has 39 heavy (non-hydrogen) atoms. The highest BCUT2D eigenvalue weighted by Gasteiger charge is 2.30. The summed E-state index contributed by atoms with van der Waals surface area (Å²) in [7, 11) is 0. The van der Waals surface area contributed by atoms with Gasteiger partial charge in [0.2, 0.25) is 11.8 Å². The number of nitrogens with zero attached hydrogens (tertiary/aromatic N) is 5. The molecule has 1 aromatic carbocycles. The summed E-state index contributed by atoms with van der Waals surface area (Å²) in [5.41, 5.74) is 0. The molecule has 0 spiro atoms. The first-order valence-electron chi connectivity index (χ1n) is 13.6. The van der Waals surface area contributed by atoms with Gasteiger partial charge in [0.15, 0.2) is 12.4 Å². The second-order valence-electron chi connectivity index (χ2n) is 10.3. The third kappa shape index (κ3) is 6.13. The van der Waals surface area contributed by atoms with E-state index in [2.05, 4.69) is 38.4 Å². The maximum Gasteiger partial charge on any atom is 0.260 e. The summed E-state index contributed by atoms with van der Waals surface area (Å²) in [5, 5.41) is 5.55. The van der Waals surface area contributed by atoms with E-state index in [4.69, 9.17) is 19.2 Å². The van der Waals surface area contributed by atoms with Crippen molar-refractivity contribution in [2.45, 2.75) is 44.0 Å². The molecule has 0 radical (unpaired) electrons. The molecular formula is C28H33FN6O4. The van der Waals surface area contributed by atoms with Gasteiger partial charge >= 0.3 is 0 Å². The predicted molar refractivity (Wildman–Crippen MR) is 144 cm³/mol. The Bertz CT molecular complexity index is 1270. The fourth-order valence-electron chi connectivity index (χ4n) is 5.19. The molecule has 3 fully saturated rings. The molecule has 1 N–H and O–H groups in total. The number of carbonyl (C=O) groups excluding carboxylic acids is 1. The Hall–Kier alpha value is -3.73. The Kier molecular flexibility index (Phi) is 7.57. The highest BCUT2D eigenvalue weighted by atomic mass is 19.1. The van der Waals surface area contributed by atoms with Gasteiger partial charge in [-0.15, -0.1) is 0 Å². The van der Waals surface area contributed by atoms with Crippen molar-refractivity contribution in [2.75, 3.05) is 56.2 Å².